The molecule has 2 nitrogen and oxygen atoms in total. The van der Waals surface area contributed by atoms with Crippen LogP contribution in [0, 0.1) is 0 Å². The quantitative estimate of drug-likeness (QED) is 0.517. The van der Waals surface area contributed by atoms with Crippen LogP contribution >= 0.6 is 0 Å². The molecule has 0 saturated heterocycles. The van der Waals surface area contributed by atoms with Crippen molar-refractivity contribution in [2.24, 2.45) is 0 Å². The first kappa shape index (κ1) is 21.7. The van der Waals surface area contributed by atoms with Crippen molar-refractivity contribution in [2.75, 3.05) is 0 Å². The molecule has 0 fully saturated rings. The zero-order chi connectivity index (χ0) is 17.2. The number of hydrogen-bond acceptors (Lipinski definition) is 2. The van der Waals surface area contributed by atoms with Crippen molar-refractivity contribution in [1.82, 2.24) is 6.24 Å². The minimum atomic E-state index is -2.78. The summed E-state index contributed by atoms with van der Waals surface area (Å²) in [4.78, 5) is 0. The molecule has 0 unspecified atom stereocenters. The molecule has 128 valence electrons. The zero-order valence-electron chi connectivity index (χ0n) is 16.9. The third-order valence-electron chi connectivity index (χ3n) is 4.77. The van der Waals surface area contributed by atoms with Crippen LogP contribution in [0.15, 0.2) is 0 Å². The Labute approximate surface area is 140 Å². The molecule has 0 spiro atoms. The maximum absolute atomic E-state index is 2.95. The van der Waals surface area contributed by atoms with Crippen LogP contribution in [0.2, 0.25) is 7.87 Å². The fraction of sp³-hybridized carbons (Fsp3) is 1.00. The summed E-state index contributed by atoms with van der Waals surface area (Å²) in [6, 6.07) is 2.50. The molecule has 0 radical (unpaired) electrons. The first-order chi connectivity index (χ1) is 9.34. The predicted molar refractivity (Wildman–Crippen MR) is 100 cm³/mol. The Balaban J connectivity index is 6.34. The Hall–Kier alpha value is 0.719. The summed E-state index contributed by atoms with van der Waals surface area (Å²) in [5.74, 6) is 0. The molecule has 0 aliphatic carbocycles. The average Bonchev–Trinajstić information content (AvgIpc) is 2.23. The Morgan fingerprint density at radius 1 is 0.667 bits per heavy atom. The second kappa shape index (κ2) is 8.01. The molecule has 0 aliphatic rings. The van der Waals surface area contributed by atoms with E-state index in [1.54, 1.807) is 0 Å². The molecule has 0 bridgehead atoms. The summed E-state index contributed by atoms with van der Waals surface area (Å²) in [5, 5.41) is 0. The Morgan fingerprint density at radius 3 is 1.00 bits per heavy atom. The van der Waals surface area contributed by atoms with Crippen molar-refractivity contribution in [3.05, 3.63) is 0 Å². The molecule has 0 amide bonds. The van der Waals surface area contributed by atoms with Gasteiger partial charge in [-0.05, 0) is 0 Å². The van der Waals surface area contributed by atoms with Crippen molar-refractivity contribution < 1.29 is 0 Å². The van der Waals surface area contributed by atoms with Crippen LogP contribution in [0.5, 0.6) is 0 Å². The van der Waals surface area contributed by atoms with E-state index in [0.717, 1.165) is 0 Å². The van der Waals surface area contributed by atoms with Gasteiger partial charge in [0.05, 0.1) is 0 Å². The van der Waals surface area contributed by atoms with Crippen LogP contribution < -0.4 is 0 Å². The number of hydrogen-bond donors (Lipinski definition) is 0. The van der Waals surface area contributed by atoms with E-state index in [0.29, 0.717) is 27.6 Å². The Morgan fingerprint density at radius 2 is 0.905 bits per heavy atom. The fourth-order valence-electron chi connectivity index (χ4n) is 4.70. The summed E-state index contributed by atoms with van der Waals surface area (Å²) in [7, 11) is 0. The normalized spacial score (nSPS) is 14.6. The van der Waals surface area contributed by atoms with Crippen molar-refractivity contribution in [1.29, 1.82) is 0 Å². The molecular formula is C18H42N2Sn. The second-order valence-corrected chi connectivity index (χ2v) is 22.5. The van der Waals surface area contributed by atoms with Gasteiger partial charge in [-0.15, -0.1) is 0 Å². The van der Waals surface area contributed by atoms with Gasteiger partial charge in [0.15, 0.2) is 0 Å². The molecule has 0 aromatic rings. The van der Waals surface area contributed by atoms with E-state index >= 15 is 0 Å². The molecule has 0 saturated carbocycles. The Kier molecular flexibility index (Phi) is 8.28. The summed E-state index contributed by atoms with van der Waals surface area (Å²) >= 11 is -2.78. The van der Waals surface area contributed by atoms with Crippen LogP contribution in [-0.2, 0) is 0 Å². The van der Waals surface area contributed by atoms with Gasteiger partial charge >= 0.3 is 140 Å². The van der Waals surface area contributed by atoms with E-state index in [1.807, 2.05) is 0 Å². The summed E-state index contributed by atoms with van der Waals surface area (Å²) in [5.41, 5.74) is 0. The van der Waals surface area contributed by atoms with Crippen LogP contribution in [0.4, 0.5) is 0 Å². The summed E-state index contributed by atoms with van der Waals surface area (Å²) in [6.45, 7) is 29.1. The van der Waals surface area contributed by atoms with E-state index in [-0.39, 0.29) is 0 Å². The van der Waals surface area contributed by atoms with Crippen molar-refractivity contribution >= 4 is 18.9 Å². The molecule has 0 rings (SSSR count). The third-order valence-corrected chi connectivity index (χ3v) is 25.2. The number of nitrogens with zero attached hydrogens (tertiary/aromatic N) is 2. The summed E-state index contributed by atoms with van der Waals surface area (Å²) < 4.78 is 7.65. The molecule has 0 heterocycles. The van der Waals surface area contributed by atoms with Crippen molar-refractivity contribution in [2.45, 2.75) is 115 Å². The van der Waals surface area contributed by atoms with Gasteiger partial charge in [0.25, 0.3) is 0 Å². The van der Waals surface area contributed by atoms with Crippen molar-refractivity contribution in [3.63, 3.8) is 0 Å². The average molecular weight is 405 g/mol. The first-order valence-electron chi connectivity index (χ1n) is 8.91. The van der Waals surface area contributed by atoms with Crippen LogP contribution in [0.25, 0.3) is 0 Å². The van der Waals surface area contributed by atoms with Gasteiger partial charge in [-0.25, -0.2) is 0 Å². The van der Waals surface area contributed by atoms with E-state index in [4.69, 9.17) is 0 Å². The van der Waals surface area contributed by atoms with Crippen molar-refractivity contribution in [3.8, 4) is 0 Å². The molecule has 0 aromatic carbocycles. The van der Waals surface area contributed by atoms with Gasteiger partial charge in [-0.3, -0.25) is 0 Å². The van der Waals surface area contributed by atoms with E-state index in [2.05, 4.69) is 89.3 Å². The summed E-state index contributed by atoms with van der Waals surface area (Å²) in [6.07, 6.45) is 0. The zero-order valence-corrected chi connectivity index (χ0v) is 19.8. The topological polar surface area (TPSA) is 6.48 Å². The van der Waals surface area contributed by atoms with E-state index < -0.39 is 18.9 Å². The number of rotatable bonds is 7. The maximum atomic E-state index is 2.95. The molecule has 0 N–H and O–H groups in total. The monoisotopic (exact) mass is 406 g/mol. The molecule has 0 aliphatic heterocycles. The first-order valence-corrected chi connectivity index (χ1v) is 14.9. The molecule has 21 heavy (non-hydrogen) atoms. The van der Waals surface area contributed by atoms with Gasteiger partial charge in [0.1, 0.15) is 0 Å². The fourth-order valence-corrected chi connectivity index (χ4v) is 24.8. The predicted octanol–water partition coefficient (Wildman–Crippen LogP) is 5.49. The molecule has 3 heteroatoms. The SMILES string of the molecule is C[CH2][Sn]([N](C(C)C)C(C)C)([N](C(C)C)C(C)C)[C](C)(C)C. The standard InChI is InChI=1S/2C6H14N.C4H9.C2H5.Sn/c2*1-5(2)7-6(3)4;1-4(2)3;1-2;/h2*5-6H,1-4H3;1-3H3;1H2,2H3;/q2*-1;;;+2. The van der Waals surface area contributed by atoms with Gasteiger partial charge in [-0.2, -0.15) is 0 Å². The molecular weight excluding hydrogens is 363 g/mol. The minimum absolute atomic E-state index is 0.395. The third kappa shape index (κ3) is 4.38. The molecule has 0 aromatic heterocycles. The van der Waals surface area contributed by atoms with Crippen LogP contribution in [-0.4, -0.2) is 49.3 Å². The Bertz CT molecular complexity index is 267. The van der Waals surface area contributed by atoms with Gasteiger partial charge in [-0.1, -0.05) is 0 Å². The van der Waals surface area contributed by atoms with E-state index in [9.17, 15) is 0 Å². The van der Waals surface area contributed by atoms with Crippen LogP contribution in [0.1, 0.15) is 83.1 Å². The molecule has 0 atom stereocenters. The van der Waals surface area contributed by atoms with Gasteiger partial charge in [0, 0.05) is 0 Å². The van der Waals surface area contributed by atoms with Crippen LogP contribution in [0.3, 0.4) is 0 Å². The van der Waals surface area contributed by atoms with E-state index in [1.165, 1.54) is 4.44 Å². The second-order valence-electron chi connectivity index (χ2n) is 8.61. The van der Waals surface area contributed by atoms with Gasteiger partial charge < -0.3 is 0 Å². The van der Waals surface area contributed by atoms with Gasteiger partial charge in [0.2, 0.25) is 0 Å².